The molecule has 2 aromatic rings. The molecule has 1 aliphatic carbocycles. The van der Waals surface area contributed by atoms with Crippen LogP contribution in [0.3, 0.4) is 0 Å². The maximum atomic E-state index is 13.2. The summed E-state index contributed by atoms with van der Waals surface area (Å²) >= 11 is 0.859. The maximum absolute atomic E-state index is 13.2. The molecule has 0 unspecified atom stereocenters. The number of carbonyl (C=O) groups excluding carboxylic acids is 1. The Morgan fingerprint density at radius 3 is 2.64 bits per heavy atom. The molecule has 3 rings (SSSR count). The summed E-state index contributed by atoms with van der Waals surface area (Å²) in [5, 5.41) is 12.5. The molecule has 1 amide bonds. The second-order valence-corrected chi connectivity index (χ2v) is 8.33. The third-order valence-corrected chi connectivity index (χ3v) is 6.58. The fourth-order valence-electron chi connectivity index (χ4n) is 1.86. The van der Waals surface area contributed by atoms with Gasteiger partial charge in [-0.1, -0.05) is 6.07 Å². The molecular weight excluding hydrogens is 329 g/mol. The minimum Gasteiger partial charge on any atom is -0.380 e. The van der Waals surface area contributed by atoms with Crippen LogP contribution in [0.5, 0.6) is 0 Å². The van der Waals surface area contributed by atoms with Crippen LogP contribution in [-0.2, 0) is 14.6 Å². The Morgan fingerprint density at radius 1 is 1.27 bits per heavy atom. The van der Waals surface area contributed by atoms with Crippen LogP contribution in [-0.4, -0.2) is 25.0 Å². The molecule has 0 saturated heterocycles. The molecule has 5 nitrogen and oxygen atoms in total. The molecule has 0 spiro atoms. The van der Waals surface area contributed by atoms with Crippen LogP contribution in [0, 0.1) is 5.82 Å². The number of amides is 1. The lowest BCUT2D eigenvalue weighted by Crippen LogP contribution is -2.28. The van der Waals surface area contributed by atoms with Gasteiger partial charge in [-0.3, -0.25) is 4.79 Å². The van der Waals surface area contributed by atoms with Crippen molar-refractivity contribution in [1.82, 2.24) is 0 Å². The van der Waals surface area contributed by atoms with Gasteiger partial charge in [0.15, 0.2) is 0 Å². The number of hydrogen-bond donors (Lipinski definition) is 2. The van der Waals surface area contributed by atoms with Crippen LogP contribution >= 0.6 is 11.3 Å². The molecule has 1 aromatic carbocycles. The molecule has 1 saturated carbocycles. The Morgan fingerprint density at radius 2 is 2.00 bits per heavy atom. The van der Waals surface area contributed by atoms with Gasteiger partial charge in [-0.15, -0.1) is 11.3 Å². The Balaban J connectivity index is 1.85. The van der Waals surface area contributed by atoms with E-state index in [1.54, 1.807) is 0 Å². The summed E-state index contributed by atoms with van der Waals surface area (Å²) < 4.78 is 37.9. The van der Waals surface area contributed by atoms with Gasteiger partial charge in [0.2, 0.25) is 9.84 Å². The number of benzene rings is 1. The zero-order valence-corrected chi connectivity index (χ0v) is 12.9. The van der Waals surface area contributed by atoms with Crippen LogP contribution in [0.1, 0.15) is 12.8 Å². The number of rotatable bonds is 4. The summed E-state index contributed by atoms with van der Waals surface area (Å²) in [6.07, 6.45) is 0.803. The number of hydrogen-bond acceptors (Lipinski definition) is 5. The number of aliphatic hydroxyl groups is 1. The van der Waals surface area contributed by atoms with Crippen molar-refractivity contribution < 1.29 is 22.7 Å². The van der Waals surface area contributed by atoms with E-state index in [2.05, 4.69) is 5.32 Å². The third-order valence-electron chi connectivity index (χ3n) is 3.34. The number of halogens is 1. The fraction of sp³-hybridized carbons (Fsp3) is 0.214. The molecule has 1 aromatic heterocycles. The van der Waals surface area contributed by atoms with E-state index in [1.165, 1.54) is 24.3 Å². The van der Waals surface area contributed by atoms with Gasteiger partial charge in [0.1, 0.15) is 15.6 Å². The van der Waals surface area contributed by atoms with E-state index in [-0.39, 0.29) is 9.10 Å². The van der Waals surface area contributed by atoms with Crippen molar-refractivity contribution in [2.45, 2.75) is 27.5 Å². The predicted molar refractivity (Wildman–Crippen MR) is 79.0 cm³/mol. The molecular formula is C14H12FNO4S2. The second kappa shape index (κ2) is 5.15. The minimum atomic E-state index is -3.83. The largest absolute Gasteiger partial charge is 0.380 e. The highest BCUT2D eigenvalue weighted by Gasteiger charge is 2.48. The standard InChI is InChI=1S/C14H12FNO4S2/c15-9-2-1-3-10(8-9)22(19,20)12-5-4-11(21-12)16-13(17)14(18)6-7-14/h1-5,8,18H,6-7H2,(H,16,17). The van der Waals surface area contributed by atoms with Crippen LogP contribution in [0.25, 0.3) is 0 Å². The van der Waals surface area contributed by atoms with Gasteiger partial charge in [0.25, 0.3) is 5.91 Å². The zero-order chi connectivity index (χ0) is 16.0. The molecule has 1 heterocycles. The molecule has 0 radical (unpaired) electrons. The van der Waals surface area contributed by atoms with Crippen LogP contribution < -0.4 is 5.32 Å². The highest BCUT2D eigenvalue weighted by atomic mass is 32.2. The first-order valence-corrected chi connectivity index (χ1v) is 8.76. The Labute approximate surface area is 130 Å². The van der Waals surface area contributed by atoms with E-state index in [0.29, 0.717) is 17.8 Å². The molecule has 1 aliphatic rings. The summed E-state index contributed by atoms with van der Waals surface area (Å²) in [7, 11) is -3.83. The lowest BCUT2D eigenvalue weighted by Gasteiger charge is -2.06. The van der Waals surface area contributed by atoms with Crippen molar-refractivity contribution in [3.63, 3.8) is 0 Å². The van der Waals surface area contributed by atoms with Gasteiger partial charge in [-0.05, 0) is 43.2 Å². The Hall–Kier alpha value is -1.77. The van der Waals surface area contributed by atoms with Crippen LogP contribution in [0.15, 0.2) is 45.5 Å². The van der Waals surface area contributed by atoms with Crippen LogP contribution in [0.4, 0.5) is 9.39 Å². The quantitative estimate of drug-likeness (QED) is 0.893. The molecule has 22 heavy (non-hydrogen) atoms. The summed E-state index contributed by atoms with van der Waals surface area (Å²) in [5.74, 6) is -1.17. The lowest BCUT2D eigenvalue weighted by molar-refractivity contribution is -0.125. The van der Waals surface area contributed by atoms with Gasteiger partial charge < -0.3 is 10.4 Å². The SMILES string of the molecule is O=C(Nc1ccc(S(=O)(=O)c2cccc(F)c2)s1)C1(O)CC1. The first-order chi connectivity index (χ1) is 10.3. The van der Waals surface area contributed by atoms with Crippen molar-refractivity contribution in [1.29, 1.82) is 0 Å². The van der Waals surface area contributed by atoms with Gasteiger partial charge >= 0.3 is 0 Å². The molecule has 0 bridgehead atoms. The van der Waals surface area contributed by atoms with Gasteiger partial charge in [0.05, 0.1) is 9.90 Å². The number of carbonyl (C=O) groups is 1. The molecule has 2 N–H and O–H groups in total. The number of anilines is 1. The van der Waals surface area contributed by atoms with Crippen LogP contribution in [0.2, 0.25) is 0 Å². The van der Waals surface area contributed by atoms with E-state index in [9.17, 15) is 22.7 Å². The fourth-order valence-corrected chi connectivity index (χ4v) is 4.49. The van der Waals surface area contributed by atoms with Crippen molar-refractivity contribution in [2.24, 2.45) is 0 Å². The maximum Gasteiger partial charge on any atom is 0.256 e. The molecule has 8 heteroatoms. The summed E-state index contributed by atoms with van der Waals surface area (Å²) in [6, 6.07) is 7.53. The average molecular weight is 341 g/mol. The van der Waals surface area contributed by atoms with Gasteiger partial charge in [-0.2, -0.15) is 0 Å². The van der Waals surface area contributed by atoms with Gasteiger partial charge in [0, 0.05) is 0 Å². The lowest BCUT2D eigenvalue weighted by atomic mass is 10.3. The van der Waals surface area contributed by atoms with E-state index in [1.807, 2.05) is 0 Å². The zero-order valence-electron chi connectivity index (χ0n) is 11.2. The van der Waals surface area contributed by atoms with E-state index in [4.69, 9.17) is 0 Å². The molecule has 0 aliphatic heterocycles. The van der Waals surface area contributed by atoms with E-state index in [0.717, 1.165) is 23.5 Å². The monoisotopic (exact) mass is 341 g/mol. The molecule has 116 valence electrons. The third kappa shape index (κ3) is 2.77. The van der Waals surface area contributed by atoms with Crippen molar-refractivity contribution in [2.75, 3.05) is 5.32 Å². The highest BCUT2D eigenvalue weighted by molar-refractivity contribution is 7.93. The first kappa shape index (κ1) is 15.1. The molecule has 0 atom stereocenters. The average Bonchev–Trinajstić information content (AvgIpc) is 3.04. The van der Waals surface area contributed by atoms with E-state index < -0.39 is 27.2 Å². The Bertz CT molecular complexity index is 840. The topological polar surface area (TPSA) is 83.5 Å². The Kier molecular flexibility index (Phi) is 3.54. The second-order valence-electron chi connectivity index (χ2n) is 5.07. The number of sulfone groups is 1. The summed E-state index contributed by atoms with van der Waals surface area (Å²) in [5.41, 5.74) is -1.33. The van der Waals surface area contributed by atoms with E-state index >= 15 is 0 Å². The molecule has 1 fully saturated rings. The highest BCUT2D eigenvalue weighted by Crippen LogP contribution is 2.37. The summed E-state index contributed by atoms with van der Waals surface area (Å²) in [6.45, 7) is 0. The van der Waals surface area contributed by atoms with Crippen molar-refractivity contribution in [3.05, 3.63) is 42.2 Å². The number of nitrogens with one attached hydrogen (secondary N) is 1. The van der Waals surface area contributed by atoms with Crippen molar-refractivity contribution >= 4 is 32.1 Å². The first-order valence-electron chi connectivity index (χ1n) is 6.46. The number of thiophene rings is 1. The van der Waals surface area contributed by atoms with Gasteiger partial charge in [-0.25, -0.2) is 12.8 Å². The van der Waals surface area contributed by atoms with Crippen molar-refractivity contribution in [3.8, 4) is 0 Å². The smallest absolute Gasteiger partial charge is 0.256 e. The predicted octanol–water partition coefficient (Wildman–Crippen LogP) is 2.18. The normalized spacial score (nSPS) is 16.3. The summed E-state index contributed by atoms with van der Waals surface area (Å²) in [4.78, 5) is 11.6. The minimum absolute atomic E-state index is 0.00353.